The molecule has 4 heteroatoms. The summed E-state index contributed by atoms with van der Waals surface area (Å²) in [5.41, 5.74) is 0.987. The van der Waals surface area contributed by atoms with Gasteiger partial charge in [-0.05, 0) is 25.2 Å². The third kappa shape index (κ3) is 2.86. The first-order chi connectivity index (χ1) is 8.24. The Bertz CT molecular complexity index is 389. The number of carbonyl (C=O) groups excluding carboxylic acids is 1. The minimum Gasteiger partial charge on any atom is -0.348 e. The van der Waals surface area contributed by atoms with Crippen molar-refractivity contribution in [1.29, 1.82) is 0 Å². The summed E-state index contributed by atoms with van der Waals surface area (Å²) in [6.07, 6.45) is 5.46. The van der Waals surface area contributed by atoms with Crippen molar-refractivity contribution in [3.63, 3.8) is 0 Å². The third-order valence-electron chi connectivity index (χ3n) is 3.24. The van der Waals surface area contributed by atoms with Crippen LogP contribution in [0, 0.1) is 5.92 Å². The number of rotatable bonds is 4. The summed E-state index contributed by atoms with van der Waals surface area (Å²) in [4.78, 5) is 18.8. The van der Waals surface area contributed by atoms with E-state index in [-0.39, 0.29) is 0 Å². The number of anilines is 1. The number of aldehydes is 1. The number of aromatic nitrogens is 1. The Labute approximate surface area is 107 Å². The van der Waals surface area contributed by atoms with E-state index in [0.717, 1.165) is 53.8 Å². The average molecular weight is 252 g/mol. The van der Waals surface area contributed by atoms with Crippen LogP contribution in [0.2, 0.25) is 0 Å². The summed E-state index contributed by atoms with van der Waals surface area (Å²) >= 11 is 1.55. The van der Waals surface area contributed by atoms with Gasteiger partial charge in [-0.3, -0.25) is 4.79 Å². The topological polar surface area (TPSA) is 33.2 Å². The van der Waals surface area contributed by atoms with Crippen LogP contribution in [0.25, 0.3) is 0 Å². The second-order valence-electron chi connectivity index (χ2n) is 4.87. The van der Waals surface area contributed by atoms with E-state index in [9.17, 15) is 4.79 Å². The van der Waals surface area contributed by atoms with Gasteiger partial charge in [-0.2, -0.15) is 0 Å². The molecule has 1 aromatic heterocycles. The molecule has 94 valence electrons. The maximum atomic E-state index is 11.0. The normalized spacial score (nSPS) is 20.6. The molecule has 0 N–H and O–H groups in total. The molecule has 2 rings (SSSR count). The van der Waals surface area contributed by atoms with E-state index >= 15 is 0 Å². The lowest BCUT2D eigenvalue weighted by molar-refractivity contribution is 0.112. The standard InChI is InChI=1S/C13H20N2OS/c1-3-5-11-12(9-16)17-13(14-11)15-7-4-6-10(2)8-15/h9-10H,3-8H2,1-2H3. The van der Waals surface area contributed by atoms with Gasteiger partial charge in [-0.15, -0.1) is 0 Å². The van der Waals surface area contributed by atoms with Crippen LogP contribution in [0.4, 0.5) is 5.13 Å². The highest BCUT2D eigenvalue weighted by molar-refractivity contribution is 7.17. The van der Waals surface area contributed by atoms with E-state index in [2.05, 4.69) is 23.7 Å². The molecule has 0 bridgehead atoms. The summed E-state index contributed by atoms with van der Waals surface area (Å²) < 4.78 is 0. The molecule has 1 aliphatic heterocycles. The number of piperidine rings is 1. The van der Waals surface area contributed by atoms with Crippen molar-refractivity contribution in [3.05, 3.63) is 10.6 Å². The SMILES string of the molecule is CCCc1nc(N2CCCC(C)C2)sc1C=O. The molecular weight excluding hydrogens is 232 g/mol. The molecule has 1 aromatic rings. The maximum Gasteiger partial charge on any atom is 0.186 e. The minimum atomic E-state index is 0.738. The molecule has 2 heterocycles. The number of nitrogens with zero attached hydrogens (tertiary/aromatic N) is 2. The smallest absolute Gasteiger partial charge is 0.186 e. The van der Waals surface area contributed by atoms with Crippen molar-refractivity contribution in [2.45, 2.75) is 39.5 Å². The number of thiazole rings is 1. The first kappa shape index (κ1) is 12.6. The predicted octanol–water partition coefficient (Wildman–Crippen LogP) is 3.14. The van der Waals surface area contributed by atoms with Gasteiger partial charge in [0.05, 0.1) is 10.6 Å². The summed E-state index contributed by atoms with van der Waals surface area (Å²) in [7, 11) is 0. The summed E-state index contributed by atoms with van der Waals surface area (Å²) in [5, 5.41) is 1.04. The Morgan fingerprint density at radius 1 is 1.59 bits per heavy atom. The Morgan fingerprint density at radius 3 is 3.06 bits per heavy atom. The third-order valence-corrected chi connectivity index (χ3v) is 4.32. The zero-order valence-electron chi connectivity index (χ0n) is 10.6. The molecule has 0 radical (unpaired) electrons. The van der Waals surface area contributed by atoms with Gasteiger partial charge in [0.2, 0.25) is 0 Å². The molecular formula is C13H20N2OS. The minimum absolute atomic E-state index is 0.738. The summed E-state index contributed by atoms with van der Waals surface area (Å²) in [5.74, 6) is 0.738. The van der Waals surface area contributed by atoms with Gasteiger partial charge in [0, 0.05) is 13.1 Å². The summed E-state index contributed by atoms with van der Waals surface area (Å²) in [6, 6.07) is 0. The van der Waals surface area contributed by atoms with Crippen LogP contribution in [0.15, 0.2) is 0 Å². The van der Waals surface area contributed by atoms with E-state index in [1.807, 2.05) is 0 Å². The first-order valence-electron chi connectivity index (χ1n) is 6.44. The molecule has 0 saturated carbocycles. The van der Waals surface area contributed by atoms with Crippen molar-refractivity contribution < 1.29 is 4.79 Å². The van der Waals surface area contributed by atoms with E-state index in [1.54, 1.807) is 11.3 Å². The van der Waals surface area contributed by atoms with Gasteiger partial charge >= 0.3 is 0 Å². The fourth-order valence-corrected chi connectivity index (χ4v) is 3.32. The quantitative estimate of drug-likeness (QED) is 0.772. The lowest BCUT2D eigenvalue weighted by atomic mass is 10.0. The largest absolute Gasteiger partial charge is 0.348 e. The van der Waals surface area contributed by atoms with Gasteiger partial charge in [0.25, 0.3) is 0 Å². The molecule has 0 aliphatic carbocycles. The molecule has 3 nitrogen and oxygen atoms in total. The Kier molecular flexibility index (Phi) is 4.15. The highest BCUT2D eigenvalue weighted by atomic mass is 32.1. The molecule has 1 fully saturated rings. The monoisotopic (exact) mass is 252 g/mol. The fraction of sp³-hybridized carbons (Fsp3) is 0.692. The average Bonchev–Trinajstić information content (AvgIpc) is 2.73. The second-order valence-corrected chi connectivity index (χ2v) is 5.88. The molecule has 1 atom stereocenters. The highest BCUT2D eigenvalue weighted by Gasteiger charge is 2.20. The van der Waals surface area contributed by atoms with Gasteiger partial charge in [0.1, 0.15) is 0 Å². The second kappa shape index (κ2) is 5.63. The van der Waals surface area contributed by atoms with Crippen LogP contribution in [0.5, 0.6) is 0 Å². The van der Waals surface area contributed by atoms with Crippen LogP contribution in [-0.4, -0.2) is 24.4 Å². The van der Waals surface area contributed by atoms with Gasteiger partial charge < -0.3 is 4.90 Å². The molecule has 1 unspecified atom stereocenters. The van der Waals surface area contributed by atoms with Crippen LogP contribution in [0.1, 0.15) is 48.5 Å². The zero-order valence-corrected chi connectivity index (χ0v) is 11.4. The van der Waals surface area contributed by atoms with Crippen LogP contribution < -0.4 is 4.90 Å². The van der Waals surface area contributed by atoms with Crippen molar-refractivity contribution in [1.82, 2.24) is 4.98 Å². The molecule has 1 saturated heterocycles. The Hall–Kier alpha value is -0.900. The van der Waals surface area contributed by atoms with E-state index in [0.29, 0.717) is 0 Å². The fourth-order valence-electron chi connectivity index (χ4n) is 2.36. The van der Waals surface area contributed by atoms with Gasteiger partial charge in [0.15, 0.2) is 11.4 Å². The van der Waals surface area contributed by atoms with E-state index in [4.69, 9.17) is 0 Å². The van der Waals surface area contributed by atoms with Crippen LogP contribution >= 0.6 is 11.3 Å². The van der Waals surface area contributed by atoms with Crippen molar-refractivity contribution in [3.8, 4) is 0 Å². The Morgan fingerprint density at radius 2 is 2.41 bits per heavy atom. The van der Waals surface area contributed by atoms with E-state index < -0.39 is 0 Å². The van der Waals surface area contributed by atoms with Crippen LogP contribution in [0.3, 0.4) is 0 Å². The maximum absolute atomic E-state index is 11.0. The lowest BCUT2D eigenvalue weighted by Crippen LogP contribution is -2.34. The summed E-state index contributed by atoms with van der Waals surface area (Å²) in [6.45, 7) is 6.57. The van der Waals surface area contributed by atoms with Crippen molar-refractivity contribution >= 4 is 22.8 Å². The van der Waals surface area contributed by atoms with Crippen LogP contribution in [-0.2, 0) is 6.42 Å². The van der Waals surface area contributed by atoms with E-state index in [1.165, 1.54) is 12.8 Å². The first-order valence-corrected chi connectivity index (χ1v) is 7.26. The number of aryl methyl sites for hydroxylation is 1. The highest BCUT2D eigenvalue weighted by Crippen LogP contribution is 2.29. The number of hydrogen-bond donors (Lipinski definition) is 0. The van der Waals surface area contributed by atoms with Gasteiger partial charge in [-0.1, -0.05) is 31.6 Å². The number of hydrogen-bond acceptors (Lipinski definition) is 4. The molecule has 0 amide bonds. The molecule has 17 heavy (non-hydrogen) atoms. The molecule has 0 aromatic carbocycles. The van der Waals surface area contributed by atoms with Crippen molar-refractivity contribution in [2.75, 3.05) is 18.0 Å². The van der Waals surface area contributed by atoms with Gasteiger partial charge in [-0.25, -0.2) is 4.98 Å². The zero-order chi connectivity index (χ0) is 12.3. The number of carbonyl (C=O) groups is 1. The molecule has 0 spiro atoms. The molecule has 1 aliphatic rings. The van der Waals surface area contributed by atoms with Crippen molar-refractivity contribution in [2.24, 2.45) is 5.92 Å². The lowest BCUT2D eigenvalue weighted by Gasteiger charge is -2.30. The Balaban J connectivity index is 2.17. The predicted molar refractivity (Wildman–Crippen MR) is 72.1 cm³/mol.